The Balaban J connectivity index is 0.000000370. The summed E-state index contributed by atoms with van der Waals surface area (Å²) in [6.07, 6.45) is -2.05. The van der Waals surface area contributed by atoms with Gasteiger partial charge in [0, 0.05) is 13.1 Å². The fraction of sp³-hybridized carbons (Fsp3) is 0.474. The Labute approximate surface area is 165 Å². The predicted octanol–water partition coefficient (Wildman–Crippen LogP) is 1.67. The summed E-state index contributed by atoms with van der Waals surface area (Å²) in [7, 11) is 1.66. The second kappa shape index (κ2) is 9.75. The average Bonchev–Trinajstić information content (AvgIpc) is 3.13. The number of hydrogen-bond acceptors (Lipinski definition) is 5. The molecule has 1 saturated heterocycles. The molecule has 7 nitrogen and oxygen atoms in total. The first-order valence-corrected chi connectivity index (χ1v) is 8.97. The fourth-order valence-electron chi connectivity index (χ4n) is 3.07. The van der Waals surface area contributed by atoms with Crippen LogP contribution < -0.4 is 10.1 Å². The lowest BCUT2D eigenvalue weighted by atomic mass is 9.99. The highest BCUT2D eigenvalue weighted by atomic mass is 19.4. The van der Waals surface area contributed by atoms with Gasteiger partial charge in [0.15, 0.2) is 0 Å². The molecule has 29 heavy (non-hydrogen) atoms. The van der Waals surface area contributed by atoms with Crippen LogP contribution in [0.3, 0.4) is 0 Å². The summed E-state index contributed by atoms with van der Waals surface area (Å²) in [5.74, 6) is -1.90. The third kappa shape index (κ3) is 6.20. The van der Waals surface area contributed by atoms with Crippen molar-refractivity contribution in [1.82, 2.24) is 10.2 Å². The molecule has 0 bridgehead atoms. The van der Waals surface area contributed by atoms with Gasteiger partial charge in [-0.25, -0.2) is 4.79 Å². The van der Waals surface area contributed by atoms with Crippen LogP contribution in [0.25, 0.3) is 5.57 Å². The van der Waals surface area contributed by atoms with E-state index in [1.54, 1.807) is 7.11 Å². The van der Waals surface area contributed by atoms with Crippen molar-refractivity contribution in [3.8, 4) is 5.75 Å². The molecule has 3 N–H and O–H groups in total. The van der Waals surface area contributed by atoms with Gasteiger partial charge in [0.1, 0.15) is 11.8 Å². The molecule has 0 saturated carbocycles. The zero-order valence-corrected chi connectivity index (χ0v) is 15.8. The molecule has 0 radical (unpaired) electrons. The van der Waals surface area contributed by atoms with Crippen molar-refractivity contribution in [1.29, 1.82) is 0 Å². The van der Waals surface area contributed by atoms with E-state index in [1.165, 1.54) is 11.1 Å². The van der Waals surface area contributed by atoms with Crippen molar-refractivity contribution >= 4 is 17.4 Å². The summed E-state index contributed by atoms with van der Waals surface area (Å²) >= 11 is 0. The highest BCUT2D eigenvalue weighted by Crippen LogP contribution is 2.25. The third-order valence-corrected chi connectivity index (χ3v) is 4.68. The predicted molar refractivity (Wildman–Crippen MR) is 98.3 cm³/mol. The number of amides is 1. The SMILES string of the molecule is COc1ccc(C2=CCN(C(=O)[C@H]3NCC[C@H]3O)CC2)cc1.O=C(O)C(F)(F)F. The van der Waals surface area contributed by atoms with Crippen LogP contribution in [0.5, 0.6) is 5.75 Å². The Kier molecular flexibility index (Phi) is 7.63. The van der Waals surface area contributed by atoms with Gasteiger partial charge in [0.2, 0.25) is 5.91 Å². The molecule has 1 amide bonds. The van der Waals surface area contributed by atoms with Crippen molar-refractivity contribution in [2.24, 2.45) is 0 Å². The Bertz CT molecular complexity index is 749. The number of ether oxygens (including phenoxy) is 1. The zero-order valence-electron chi connectivity index (χ0n) is 15.8. The maximum absolute atomic E-state index is 12.4. The molecule has 3 rings (SSSR count). The molecule has 1 fully saturated rings. The number of carbonyl (C=O) groups excluding carboxylic acids is 1. The Morgan fingerprint density at radius 1 is 1.24 bits per heavy atom. The summed E-state index contributed by atoms with van der Waals surface area (Å²) < 4.78 is 36.9. The van der Waals surface area contributed by atoms with Crippen LogP contribution in [0.1, 0.15) is 18.4 Å². The molecule has 0 aromatic heterocycles. The number of alkyl halides is 3. The topological polar surface area (TPSA) is 99.1 Å². The molecule has 2 heterocycles. The van der Waals surface area contributed by atoms with Crippen LogP contribution in [0.15, 0.2) is 30.3 Å². The van der Waals surface area contributed by atoms with Gasteiger partial charge in [-0.05, 0) is 42.7 Å². The normalized spacial score (nSPS) is 21.7. The standard InChI is InChI=1S/C17H22N2O3.C2HF3O2/c1-22-14-4-2-12(3-5-14)13-7-10-19(11-8-13)17(21)16-15(20)6-9-18-16;3-2(4,5)1(6)7/h2-5,7,15-16,18,20H,6,8-11H2,1H3;(H,6,7)/t15-,16+;/m1./s1. The number of halogens is 3. The first-order chi connectivity index (χ1) is 13.6. The van der Waals surface area contributed by atoms with Gasteiger partial charge < -0.3 is 25.2 Å². The van der Waals surface area contributed by atoms with E-state index in [0.717, 1.165) is 12.2 Å². The lowest BCUT2D eigenvalue weighted by molar-refractivity contribution is -0.192. The van der Waals surface area contributed by atoms with Gasteiger partial charge in [0.25, 0.3) is 0 Å². The molecule has 1 aromatic rings. The van der Waals surface area contributed by atoms with Gasteiger partial charge in [-0.1, -0.05) is 18.2 Å². The number of nitrogens with zero attached hydrogens (tertiary/aromatic N) is 1. The lowest BCUT2D eigenvalue weighted by Gasteiger charge is -2.30. The second-order valence-corrected chi connectivity index (χ2v) is 6.58. The average molecular weight is 416 g/mol. The zero-order chi connectivity index (χ0) is 21.6. The summed E-state index contributed by atoms with van der Waals surface area (Å²) in [5, 5.41) is 20.0. The quantitative estimate of drug-likeness (QED) is 0.693. The molecule has 0 aliphatic carbocycles. The minimum absolute atomic E-state index is 0.00929. The van der Waals surface area contributed by atoms with Crippen molar-refractivity contribution in [3.05, 3.63) is 35.9 Å². The Morgan fingerprint density at radius 3 is 2.28 bits per heavy atom. The number of methoxy groups -OCH3 is 1. The highest BCUT2D eigenvalue weighted by molar-refractivity contribution is 5.84. The van der Waals surface area contributed by atoms with E-state index in [9.17, 15) is 23.1 Å². The smallest absolute Gasteiger partial charge is 0.490 e. The molecule has 2 aliphatic rings. The number of rotatable bonds is 3. The number of benzene rings is 1. The van der Waals surface area contributed by atoms with Crippen LogP contribution in [0.2, 0.25) is 0 Å². The fourth-order valence-corrected chi connectivity index (χ4v) is 3.07. The monoisotopic (exact) mass is 416 g/mol. The van der Waals surface area contributed by atoms with E-state index in [1.807, 2.05) is 29.2 Å². The Hall–Kier alpha value is -2.59. The maximum Gasteiger partial charge on any atom is 0.490 e. The highest BCUT2D eigenvalue weighted by Gasteiger charge is 2.38. The Morgan fingerprint density at radius 2 is 1.86 bits per heavy atom. The van der Waals surface area contributed by atoms with Crippen LogP contribution in [-0.2, 0) is 9.59 Å². The summed E-state index contributed by atoms with van der Waals surface area (Å²) in [6, 6.07) is 7.56. The van der Waals surface area contributed by atoms with E-state index in [0.29, 0.717) is 26.1 Å². The van der Waals surface area contributed by atoms with Crippen LogP contribution in [0, 0.1) is 0 Å². The van der Waals surface area contributed by atoms with Crippen LogP contribution in [-0.4, -0.2) is 72.1 Å². The number of nitrogens with one attached hydrogen (secondary N) is 1. The summed E-state index contributed by atoms with van der Waals surface area (Å²) in [5.41, 5.74) is 2.43. The minimum atomic E-state index is -5.08. The number of carboxylic acids is 1. The van der Waals surface area contributed by atoms with E-state index in [-0.39, 0.29) is 5.91 Å². The van der Waals surface area contributed by atoms with Gasteiger partial charge in [-0.15, -0.1) is 0 Å². The summed E-state index contributed by atoms with van der Waals surface area (Å²) in [4.78, 5) is 23.1. The lowest BCUT2D eigenvalue weighted by Crippen LogP contribution is -2.49. The second-order valence-electron chi connectivity index (χ2n) is 6.58. The van der Waals surface area contributed by atoms with Gasteiger partial charge in [-0.3, -0.25) is 4.79 Å². The van der Waals surface area contributed by atoms with E-state index in [2.05, 4.69) is 11.4 Å². The molecule has 1 aromatic carbocycles. The molecule has 0 spiro atoms. The first-order valence-electron chi connectivity index (χ1n) is 8.97. The molecule has 10 heteroatoms. The number of aliphatic hydroxyl groups excluding tert-OH is 1. The first kappa shape index (κ1) is 22.7. The van der Waals surface area contributed by atoms with Crippen molar-refractivity contribution < 1.29 is 37.7 Å². The molecule has 2 atom stereocenters. The molecule has 160 valence electrons. The van der Waals surface area contributed by atoms with Gasteiger partial charge in [0.05, 0.1) is 13.2 Å². The number of aliphatic carboxylic acids is 1. The molecule has 0 unspecified atom stereocenters. The van der Waals surface area contributed by atoms with E-state index in [4.69, 9.17) is 14.6 Å². The van der Waals surface area contributed by atoms with Crippen molar-refractivity contribution in [3.63, 3.8) is 0 Å². The maximum atomic E-state index is 12.4. The molecular weight excluding hydrogens is 393 g/mol. The van der Waals surface area contributed by atoms with Gasteiger partial charge in [-0.2, -0.15) is 13.2 Å². The van der Waals surface area contributed by atoms with Crippen molar-refractivity contribution in [2.45, 2.75) is 31.2 Å². The van der Waals surface area contributed by atoms with Crippen molar-refractivity contribution in [2.75, 3.05) is 26.7 Å². The number of hydrogen-bond donors (Lipinski definition) is 3. The molecular formula is C19H23F3N2O5. The number of carbonyl (C=O) groups is 2. The third-order valence-electron chi connectivity index (χ3n) is 4.68. The van der Waals surface area contributed by atoms with E-state index >= 15 is 0 Å². The van der Waals surface area contributed by atoms with Gasteiger partial charge >= 0.3 is 12.1 Å². The van der Waals surface area contributed by atoms with Crippen LogP contribution >= 0.6 is 0 Å². The summed E-state index contributed by atoms with van der Waals surface area (Å²) in [6.45, 7) is 2.01. The minimum Gasteiger partial charge on any atom is -0.497 e. The number of carboxylic acid groups (broad SMARTS) is 1. The van der Waals surface area contributed by atoms with E-state index < -0.39 is 24.3 Å². The van der Waals surface area contributed by atoms with Crippen LogP contribution in [0.4, 0.5) is 13.2 Å². The molecule has 2 aliphatic heterocycles. The number of aliphatic hydroxyl groups is 1. The largest absolute Gasteiger partial charge is 0.497 e.